The van der Waals surface area contributed by atoms with Gasteiger partial charge in [-0.3, -0.25) is 43.4 Å². The van der Waals surface area contributed by atoms with E-state index in [1.165, 1.54) is 33.0 Å². The number of aliphatic hydroxyl groups excluding tert-OH is 8. The lowest BCUT2D eigenvalue weighted by Crippen LogP contribution is -2.65. The van der Waals surface area contributed by atoms with E-state index in [1.807, 2.05) is 30.1 Å². The number of halogens is 3. The van der Waals surface area contributed by atoms with Crippen molar-refractivity contribution in [1.82, 2.24) is 52.3 Å². The standard InChI is InChI=1S/C85H105Cl2IN12O28/c1-7-8-38(15-16-88)34-100-21-19-99(20-22-100)18-17-92-33-56-67(107)68(108)70(110)83(124-56)128-74-57(35-101)125-84(71(111)69(74)109)127-73-54-27-42-28-55(73)123-53-14-11-41(26-47(53)87)72(126-59-32-85(5,90)75(112)37(4)121-59)65-81(118)96-63(82(119)120)45-29-43(102)30-51(104)60(45)44-24-39(9-12-50(44)103)61(78(115)98-65)95-79(116)62(42)94-77(114)49(31-58(89)105)93-80(117)64(97-76(113)48(91-6)23-36(2)3)66(106)40-10-13-52(122-54)46(86)25-40/h7-16,24-30,36-37,48-49,56-57,59,61-72,74-75,83-84,91-92,101-104,106-112H,1,17-23,31-35,90H2,2-6H3,(H2,89,105)(H,93,117)(H,94,114)(H,95,116)(H,96,118)(H,97,113)(H,98,115)(H,119,120)/b16-15-,38-8+/t37-,48+,49-,56+,57+,59-,61+,62+,63+,64?,65-,66+,67-,68-,69+,70+,71+,72+,74+,75-,83-,84-,85-/m0/s1. The highest BCUT2D eigenvalue weighted by Gasteiger charge is 2.53. The molecule has 24 N–H and O–H groups in total. The van der Waals surface area contributed by atoms with Crippen LogP contribution in [0, 0.1) is 5.92 Å². The van der Waals surface area contributed by atoms with Gasteiger partial charge in [-0.15, -0.1) is 0 Å². The number of aliphatic carboxylic acids is 1. The normalized spacial score (nSPS) is 30.6. The van der Waals surface area contributed by atoms with Crippen molar-refractivity contribution in [3.8, 4) is 57.1 Å². The van der Waals surface area contributed by atoms with Gasteiger partial charge in [-0.25, -0.2) is 4.79 Å². The Bertz CT molecular complexity index is 5010. The smallest absolute Gasteiger partial charge is 0.330 e. The van der Waals surface area contributed by atoms with Gasteiger partial charge in [0, 0.05) is 87.1 Å². The first-order chi connectivity index (χ1) is 60.8. The number of fused-ring (bicyclic) bond motifs is 15. The fraction of sp³-hybridized carbons (Fsp3) is 0.482. The average Bonchev–Trinajstić information content (AvgIpc) is 0.751. The first-order valence-corrected chi connectivity index (χ1v) is 43.2. The largest absolute Gasteiger partial charge is 0.508 e. The fourth-order valence-electron chi connectivity index (χ4n) is 16.3. The number of benzene rings is 5. The van der Waals surface area contributed by atoms with E-state index in [0.29, 0.717) is 13.1 Å². The molecule has 0 radical (unpaired) electrons. The van der Waals surface area contributed by atoms with Crippen LogP contribution in [0.25, 0.3) is 11.1 Å². The van der Waals surface area contributed by atoms with Crippen molar-refractivity contribution < 1.29 is 138 Å². The number of hydrogen-bond donors (Lipinski definition) is 22. The van der Waals surface area contributed by atoms with Crippen molar-refractivity contribution in [2.75, 3.05) is 66.0 Å². The van der Waals surface area contributed by atoms with Crippen molar-refractivity contribution in [1.29, 1.82) is 0 Å². The summed E-state index contributed by atoms with van der Waals surface area (Å²) in [4.78, 5) is 125. The lowest BCUT2D eigenvalue weighted by Gasteiger charge is -2.46. The number of carboxylic acid groups (broad SMARTS) is 1. The van der Waals surface area contributed by atoms with Crippen LogP contribution >= 0.6 is 45.8 Å². The van der Waals surface area contributed by atoms with E-state index >= 15 is 24.0 Å². The van der Waals surface area contributed by atoms with Gasteiger partial charge in [0.25, 0.3) is 0 Å². The molecule has 11 bridgehead atoms. The number of amides is 7. The second-order valence-corrected chi connectivity index (χ2v) is 34.5. The molecule has 5 aromatic carbocycles. The number of piperazine rings is 1. The Balaban J connectivity index is 0.994. The lowest BCUT2D eigenvalue weighted by atomic mass is 9.86. The van der Waals surface area contributed by atoms with Gasteiger partial charge in [-0.2, -0.15) is 0 Å². The molecular weight excluding hydrogens is 1830 g/mol. The van der Waals surface area contributed by atoms with Crippen molar-refractivity contribution in [2.24, 2.45) is 17.4 Å². The number of likely N-dealkylation sites (N-methyl/N-ethyl adjacent to an activating group) is 1. The van der Waals surface area contributed by atoms with E-state index in [2.05, 4.69) is 81.5 Å². The quantitative estimate of drug-likeness (QED) is 0.0223. The van der Waals surface area contributed by atoms with Gasteiger partial charge < -0.3 is 153 Å². The van der Waals surface area contributed by atoms with E-state index in [1.54, 1.807) is 6.08 Å². The maximum atomic E-state index is 16.5. The van der Waals surface area contributed by atoms with E-state index in [-0.39, 0.29) is 42.0 Å². The summed E-state index contributed by atoms with van der Waals surface area (Å²) in [5.41, 5.74) is 9.15. The minimum absolute atomic E-state index is 0.104. The molecule has 4 fully saturated rings. The van der Waals surface area contributed by atoms with Gasteiger partial charge >= 0.3 is 5.97 Å². The molecule has 0 spiro atoms. The second kappa shape index (κ2) is 42.1. The molecule has 9 aliphatic heterocycles. The number of ether oxygens (including phenoxy) is 8. The molecule has 23 atom stereocenters. The molecule has 128 heavy (non-hydrogen) atoms. The monoisotopic (exact) mass is 1940 g/mol. The van der Waals surface area contributed by atoms with Crippen molar-refractivity contribution >= 4 is 93.1 Å². The van der Waals surface area contributed by atoms with E-state index in [4.69, 9.17) is 72.6 Å². The summed E-state index contributed by atoms with van der Waals surface area (Å²) in [7, 11) is 1.46. The lowest BCUT2D eigenvalue weighted by molar-refractivity contribution is -0.350. The topological polar surface area (TPSA) is 608 Å². The number of nitrogens with two attached hydrogens (primary N) is 2. The third-order valence-corrected chi connectivity index (χ3v) is 24.1. The van der Waals surface area contributed by atoms with Crippen LogP contribution in [0.2, 0.25) is 10.0 Å². The number of aliphatic hydroxyl groups is 8. The summed E-state index contributed by atoms with van der Waals surface area (Å²) in [6.45, 7) is 13.9. The van der Waals surface area contributed by atoms with Crippen LogP contribution in [0.5, 0.6) is 46.0 Å². The zero-order valence-electron chi connectivity index (χ0n) is 69.9. The molecule has 43 heteroatoms. The summed E-state index contributed by atoms with van der Waals surface area (Å²) in [6.07, 6.45) is -23.1. The highest BCUT2D eigenvalue weighted by atomic mass is 127. The maximum absolute atomic E-state index is 16.5. The Morgan fingerprint density at radius 2 is 1.34 bits per heavy atom. The van der Waals surface area contributed by atoms with Gasteiger partial charge in [0.2, 0.25) is 53.4 Å². The summed E-state index contributed by atoms with van der Waals surface area (Å²) in [5, 5.41) is 160. The predicted octanol–water partition coefficient (Wildman–Crippen LogP) is 0.206. The number of aromatic hydroxyl groups is 3. The second-order valence-electron chi connectivity index (χ2n) is 32.9. The van der Waals surface area contributed by atoms with Crippen LogP contribution < -0.4 is 68.2 Å². The fourth-order valence-corrected chi connectivity index (χ4v) is 17.2. The summed E-state index contributed by atoms with van der Waals surface area (Å²) < 4.78 is 53.3. The van der Waals surface area contributed by atoms with Crippen molar-refractivity contribution in [2.45, 2.75) is 187 Å². The summed E-state index contributed by atoms with van der Waals surface area (Å²) in [6, 6.07) is -0.910. The number of carboxylic acids is 1. The van der Waals surface area contributed by atoms with E-state index in [0.717, 1.165) is 105 Å². The van der Waals surface area contributed by atoms with Crippen molar-refractivity contribution in [3.05, 3.63) is 151 Å². The number of phenols is 3. The molecule has 4 saturated heterocycles. The number of carbonyl (C=O) groups is 8. The third kappa shape index (κ3) is 22.4. The van der Waals surface area contributed by atoms with Gasteiger partial charge in [0.05, 0.1) is 41.3 Å². The number of carbonyl (C=O) groups excluding carboxylic acids is 7. The molecule has 40 nitrogen and oxygen atoms in total. The number of primary amides is 1. The Labute approximate surface area is 757 Å². The molecule has 0 aromatic heterocycles. The van der Waals surface area contributed by atoms with Crippen LogP contribution in [0.3, 0.4) is 0 Å². The molecule has 9 aliphatic rings. The maximum Gasteiger partial charge on any atom is 0.330 e. The number of hydrogen-bond acceptors (Lipinski definition) is 32. The first kappa shape index (κ1) is 97.5. The third-order valence-electron chi connectivity index (χ3n) is 23.1. The zero-order chi connectivity index (χ0) is 92.8. The van der Waals surface area contributed by atoms with Crippen molar-refractivity contribution in [3.63, 3.8) is 0 Å². The Morgan fingerprint density at radius 3 is 1.96 bits per heavy atom. The van der Waals surface area contributed by atoms with Crippen LogP contribution in [0.1, 0.15) is 105 Å². The Hall–Kier alpha value is -9.53. The number of rotatable bonds is 24. The zero-order valence-corrected chi connectivity index (χ0v) is 73.5. The number of allylic oxidation sites excluding steroid dienone is 2. The molecule has 14 rings (SSSR count). The molecule has 0 saturated carbocycles. The number of nitrogens with zero attached hydrogens (tertiary/aromatic N) is 2. The van der Waals surface area contributed by atoms with Crippen LogP contribution in [0.4, 0.5) is 0 Å². The highest BCUT2D eigenvalue weighted by molar-refractivity contribution is 14.1. The van der Waals surface area contributed by atoms with Gasteiger partial charge in [0.1, 0.15) is 120 Å². The molecule has 0 aliphatic carbocycles. The minimum Gasteiger partial charge on any atom is -0.508 e. The minimum atomic E-state index is -2.42. The Morgan fingerprint density at radius 1 is 0.711 bits per heavy atom. The SMILES string of the molecule is C=C/C=C(\C=C/I)CN1CCN(CCNC[C@H]2O[C@@H](O[C@H]3[C@H](O)[C@@H](O)[C@H](Oc4c5cc6cc4Oc4ccc(cc4Cl)[C@@H](O[C@H]4C[C@](C)(N)[C@@H](O)[C@H](C)O4)[C@@H]4NC(=O)[C@H](NC(=O)[C@@H]6NC(=O)[C@H](CC(N)=O)NC(=O)C(NC(=O)[C@@H](CC(C)C)NC)[C@H](O)c6ccc(c(Cl)c6)O5)c5ccc(O)c(c5)-c5c(O)cc(O)cc5[C@H](C(=O)O)NC4=O)O[C@@H]3CO)[C@H](O)[C@@H](O)[C@H]2O)CC1. The molecule has 5 aromatic rings. The van der Waals surface area contributed by atoms with Crippen LogP contribution in [-0.4, -0.2) is 294 Å². The van der Waals surface area contributed by atoms with Crippen LogP contribution in [0.15, 0.2) is 113 Å². The van der Waals surface area contributed by atoms with E-state index in [9.17, 15) is 75.7 Å². The van der Waals surface area contributed by atoms with Gasteiger partial charge in [-0.05, 0) is 120 Å². The van der Waals surface area contributed by atoms with Gasteiger partial charge in [0.15, 0.2) is 30.1 Å². The molecule has 1 unspecified atom stereocenters. The predicted molar refractivity (Wildman–Crippen MR) is 462 cm³/mol. The number of phenolic OH excluding ortho intramolecular Hbond substituents is 3. The molecule has 9 heterocycles. The van der Waals surface area contributed by atoms with Crippen LogP contribution in [-0.2, 0) is 62.0 Å². The first-order valence-electron chi connectivity index (χ1n) is 41.2. The molecular formula is C85H105Cl2IN12O28. The molecule has 7 amide bonds. The average molecular weight is 1940 g/mol. The summed E-state index contributed by atoms with van der Waals surface area (Å²) in [5.74, 6) is -16.6. The molecule has 694 valence electrons. The number of nitrogens with one attached hydrogen (secondary N) is 8. The summed E-state index contributed by atoms with van der Waals surface area (Å²) >= 11 is 16.7. The van der Waals surface area contributed by atoms with Gasteiger partial charge in [-0.1, -0.05) is 103 Å². The highest BCUT2D eigenvalue weighted by Crippen LogP contribution is 2.50. The Kier molecular flexibility index (Phi) is 32.1. The van der Waals surface area contributed by atoms with E-state index < -0.39 is 279 Å².